The minimum atomic E-state index is -4.13. The molecule has 4 heterocycles. The lowest BCUT2D eigenvalue weighted by molar-refractivity contribution is -0.182. The maximum atomic E-state index is 13.1. The molecule has 1 saturated heterocycles. The molecule has 0 radical (unpaired) electrons. The highest BCUT2D eigenvalue weighted by Crippen LogP contribution is 2.43. The molecule has 1 aliphatic carbocycles. The van der Waals surface area contributed by atoms with Crippen LogP contribution >= 0.6 is 0 Å². The van der Waals surface area contributed by atoms with Crippen LogP contribution in [0, 0.1) is 25.7 Å². The van der Waals surface area contributed by atoms with Gasteiger partial charge in [0.2, 0.25) is 5.89 Å². The van der Waals surface area contributed by atoms with Gasteiger partial charge in [0.25, 0.3) is 0 Å². The molecular formula is C24H29F3N6O2. The molecule has 0 bridgehead atoms. The number of carbonyl (C=O) groups excluding carboxylic acids is 1. The third-order valence-corrected chi connectivity index (χ3v) is 7.54. The maximum Gasteiger partial charge on any atom is 0.391 e. The molecule has 2 aliphatic rings. The van der Waals surface area contributed by atoms with Crippen LogP contribution in [0.15, 0.2) is 16.5 Å². The fourth-order valence-corrected chi connectivity index (χ4v) is 5.48. The molecule has 2 atom stereocenters. The van der Waals surface area contributed by atoms with Gasteiger partial charge >= 0.3 is 18.0 Å². The quantitative estimate of drug-likeness (QED) is 0.522. The zero-order chi connectivity index (χ0) is 24.9. The number of nitrogens with zero attached hydrogens (tertiary/aromatic N) is 6. The van der Waals surface area contributed by atoms with Crippen molar-refractivity contribution in [2.45, 2.75) is 70.9 Å². The van der Waals surface area contributed by atoms with Crippen LogP contribution in [0.25, 0.3) is 5.65 Å². The minimum absolute atomic E-state index is 0.00826. The van der Waals surface area contributed by atoms with Crippen molar-refractivity contribution < 1.29 is 22.4 Å². The SMILES string of the molecule is Cc1cc([C@H]2CN(C(=O)c3nnc(C)o3)CC[C@@H]2C)n2nc([C@H]3CC[C@H](C(F)(F)F)CC3)cc2n1. The highest BCUT2D eigenvalue weighted by molar-refractivity contribution is 5.89. The number of fused-ring (bicyclic) bond motifs is 1. The molecule has 2 fully saturated rings. The second kappa shape index (κ2) is 8.91. The Balaban J connectivity index is 1.41. The molecule has 5 rings (SSSR count). The number of aromatic nitrogens is 5. The molecule has 11 heteroatoms. The molecule has 0 spiro atoms. The van der Waals surface area contributed by atoms with Gasteiger partial charge < -0.3 is 9.32 Å². The summed E-state index contributed by atoms with van der Waals surface area (Å²) < 4.78 is 46.5. The standard InChI is InChI=1S/C24H29F3N6O2/c1-13-8-9-32(23(34)22-30-29-15(3)35-22)12-18(13)20-10-14(2)28-21-11-19(31-33(20)21)16-4-6-17(7-5-16)24(25,26)27/h10-11,13,16-18H,4-9,12H2,1-3H3/t13-,16-,17-,18-/m0/s1. The van der Waals surface area contributed by atoms with Crippen molar-refractivity contribution in [1.29, 1.82) is 0 Å². The number of halogens is 3. The van der Waals surface area contributed by atoms with E-state index in [2.05, 4.69) is 22.1 Å². The Morgan fingerprint density at radius 2 is 1.83 bits per heavy atom. The average molecular weight is 491 g/mol. The van der Waals surface area contributed by atoms with Gasteiger partial charge in [-0.25, -0.2) is 9.50 Å². The first-order valence-electron chi connectivity index (χ1n) is 12.1. The van der Waals surface area contributed by atoms with Crippen LogP contribution < -0.4 is 0 Å². The fourth-order valence-electron chi connectivity index (χ4n) is 5.48. The molecule has 3 aromatic heterocycles. The van der Waals surface area contributed by atoms with Crippen molar-refractivity contribution in [2.24, 2.45) is 11.8 Å². The van der Waals surface area contributed by atoms with E-state index in [0.717, 1.165) is 23.5 Å². The Kier molecular flexibility index (Phi) is 6.04. The molecule has 0 N–H and O–H groups in total. The highest BCUT2D eigenvalue weighted by Gasteiger charge is 2.42. The Hall–Kier alpha value is -2.98. The van der Waals surface area contributed by atoms with Crippen molar-refractivity contribution in [3.63, 3.8) is 0 Å². The van der Waals surface area contributed by atoms with Gasteiger partial charge in [0, 0.05) is 43.6 Å². The number of amides is 1. The lowest BCUT2D eigenvalue weighted by atomic mass is 9.80. The smallest absolute Gasteiger partial charge is 0.391 e. The van der Waals surface area contributed by atoms with E-state index in [1.165, 1.54) is 0 Å². The maximum absolute atomic E-state index is 13.1. The fraction of sp³-hybridized carbons (Fsp3) is 0.625. The van der Waals surface area contributed by atoms with E-state index >= 15 is 0 Å². The summed E-state index contributed by atoms with van der Waals surface area (Å²) in [5.74, 6) is -0.880. The van der Waals surface area contributed by atoms with Crippen molar-refractivity contribution in [3.8, 4) is 0 Å². The lowest BCUT2D eigenvalue weighted by Crippen LogP contribution is -2.42. The van der Waals surface area contributed by atoms with E-state index in [9.17, 15) is 18.0 Å². The first-order valence-corrected chi connectivity index (χ1v) is 12.1. The van der Waals surface area contributed by atoms with E-state index in [1.54, 1.807) is 11.8 Å². The van der Waals surface area contributed by atoms with Crippen LogP contribution in [-0.2, 0) is 0 Å². The number of piperidine rings is 1. The van der Waals surface area contributed by atoms with Crippen LogP contribution in [0.5, 0.6) is 0 Å². The highest BCUT2D eigenvalue weighted by atomic mass is 19.4. The summed E-state index contributed by atoms with van der Waals surface area (Å²) in [5, 5.41) is 12.5. The molecule has 0 aromatic carbocycles. The number of aryl methyl sites for hydroxylation is 2. The summed E-state index contributed by atoms with van der Waals surface area (Å²) in [6.45, 7) is 6.80. The summed E-state index contributed by atoms with van der Waals surface area (Å²) in [5.41, 5.74) is 3.27. The number of carbonyl (C=O) groups is 1. The molecule has 1 aliphatic heterocycles. The van der Waals surface area contributed by atoms with Gasteiger partial charge in [0.05, 0.1) is 17.3 Å². The minimum Gasteiger partial charge on any atom is -0.417 e. The van der Waals surface area contributed by atoms with Crippen LogP contribution in [0.3, 0.4) is 0 Å². The number of hydrogen-bond acceptors (Lipinski definition) is 6. The van der Waals surface area contributed by atoms with Gasteiger partial charge in [-0.15, -0.1) is 10.2 Å². The first-order chi connectivity index (χ1) is 16.6. The summed E-state index contributed by atoms with van der Waals surface area (Å²) in [6, 6.07) is 3.91. The predicted octanol–water partition coefficient (Wildman–Crippen LogP) is 4.83. The molecule has 188 valence electrons. The van der Waals surface area contributed by atoms with Crippen LogP contribution in [0.2, 0.25) is 0 Å². The Morgan fingerprint density at radius 3 is 2.49 bits per heavy atom. The van der Waals surface area contributed by atoms with Crippen molar-refractivity contribution in [3.05, 3.63) is 41.0 Å². The molecule has 8 nitrogen and oxygen atoms in total. The zero-order valence-electron chi connectivity index (χ0n) is 20.0. The van der Waals surface area contributed by atoms with Crippen LogP contribution in [0.4, 0.5) is 13.2 Å². The normalized spacial score (nSPS) is 25.8. The topological polar surface area (TPSA) is 89.4 Å². The first kappa shape index (κ1) is 23.7. The van der Waals surface area contributed by atoms with Gasteiger partial charge in [-0.3, -0.25) is 4.79 Å². The third-order valence-electron chi connectivity index (χ3n) is 7.54. The molecule has 1 saturated carbocycles. The largest absolute Gasteiger partial charge is 0.417 e. The van der Waals surface area contributed by atoms with E-state index in [0.29, 0.717) is 43.4 Å². The monoisotopic (exact) mass is 490 g/mol. The molecule has 0 unspecified atom stereocenters. The second-order valence-electron chi connectivity index (χ2n) is 10.0. The number of hydrogen-bond donors (Lipinski definition) is 0. The number of alkyl halides is 3. The second-order valence-corrected chi connectivity index (χ2v) is 10.0. The predicted molar refractivity (Wildman–Crippen MR) is 120 cm³/mol. The van der Waals surface area contributed by atoms with Crippen LogP contribution in [0.1, 0.15) is 84.5 Å². The average Bonchev–Trinajstić information content (AvgIpc) is 3.44. The van der Waals surface area contributed by atoms with Crippen LogP contribution in [-0.4, -0.2) is 54.9 Å². The van der Waals surface area contributed by atoms with Gasteiger partial charge in [0.15, 0.2) is 5.65 Å². The van der Waals surface area contributed by atoms with Gasteiger partial charge in [-0.2, -0.15) is 18.3 Å². The Bertz CT molecular complexity index is 1230. The van der Waals surface area contributed by atoms with Crippen molar-refractivity contribution in [2.75, 3.05) is 13.1 Å². The van der Waals surface area contributed by atoms with E-state index < -0.39 is 12.1 Å². The van der Waals surface area contributed by atoms with Gasteiger partial charge in [0.1, 0.15) is 0 Å². The molecule has 1 amide bonds. The van der Waals surface area contributed by atoms with Gasteiger partial charge in [-0.1, -0.05) is 6.92 Å². The number of likely N-dealkylation sites (tertiary alicyclic amines) is 1. The Morgan fingerprint density at radius 1 is 1.09 bits per heavy atom. The zero-order valence-corrected chi connectivity index (χ0v) is 20.0. The summed E-state index contributed by atoms with van der Waals surface area (Å²) in [7, 11) is 0. The van der Waals surface area contributed by atoms with E-state index in [1.807, 2.05) is 23.6 Å². The third kappa shape index (κ3) is 4.64. The summed E-state index contributed by atoms with van der Waals surface area (Å²) in [4.78, 5) is 19.3. The van der Waals surface area contributed by atoms with E-state index in [-0.39, 0.29) is 36.5 Å². The Labute approximate surface area is 200 Å². The summed E-state index contributed by atoms with van der Waals surface area (Å²) in [6.07, 6.45) is -2.12. The van der Waals surface area contributed by atoms with Crippen molar-refractivity contribution in [1.82, 2.24) is 29.7 Å². The molecular weight excluding hydrogens is 461 g/mol. The van der Waals surface area contributed by atoms with E-state index in [4.69, 9.17) is 9.52 Å². The summed E-state index contributed by atoms with van der Waals surface area (Å²) >= 11 is 0. The molecule has 35 heavy (non-hydrogen) atoms. The molecule has 3 aromatic rings. The number of rotatable bonds is 3. The van der Waals surface area contributed by atoms with Crippen molar-refractivity contribution >= 4 is 11.6 Å². The lowest BCUT2D eigenvalue weighted by Gasteiger charge is -2.36. The van der Waals surface area contributed by atoms with Gasteiger partial charge in [-0.05, 0) is 51.0 Å².